The predicted octanol–water partition coefficient (Wildman–Crippen LogP) is 5.40. The zero-order valence-electron chi connectivity index (χ0n) is 11.0. The Morgan fingerprint density at radius 1 is 0.739 bits per heavy atom. The van der Waals surface area contributed by atoms with Crippen LogP contribution >= 0.6 is 69.6 Å². The minimum atomic E-state index is -1.89. The van der Waals surface area contributed by atoms with Gasteiger partial charge in [0.2, 0.25) is 7.59 Å². The summed E-state index contributed by atoms with van der Waals surface area (Å²) in [5.41, 5.74) is 0.786. The first kappa shape index (κ1) is 18.8. The number of benzene rings is 1. The number of nitrogens with zero attached hydrogens (tertiary/aromatic N) is 3. The fourth-order valence-corrected chi connectivity index (χ4v) is 1.98. The molecule has 0 aliphatic carbocycles. The zero-order valence-corrected chi connectivity index (χ0v) is 15.6. The Bertz CT molecular complexity index is 690. The first-order valence-electron chi connectivity index (χ1n) is 5.93. The normalized spacial score (nSPS) is 12.8. The van der Waals surface area contributed by atoms with Gasteiger partial charge in [0, 0.05) is 0 Å². The minimum absolute atomic E-state index is 0.149. The maximum Gasteiger partial charge on any atom is 0.250 e. The van der Waals surface area contributed by atoms with Crippen LogP contribution < -0.4 is 0 Å². The zero-order chi connectivity index (χ0) is 17.3. The van der Waals surface area contributed by atoms with E-state index in [1.54, 1.807) is 18.2 Å². The van der Waals surface area contributed by atoms with Crippen LogP contribution in [-0.2, 0) is 7.59 Å². The molecule has 1 aromatic heterocycles. The van der Waals surface area contributed by atoms with Crippen molar-refractivity contribution in [3.63, 3.8) is 0 Å². The fourth-order valence-electron chi connectivity index (χ4n) is 1.48. The summed E-state index contributed by atoms with van der Waals surface area (Å²) in [5, 5.41) is 9.25. The number of halogens is 6. The molecule has 4 nitrogen and oxygen atoms in total. The van der Waals surface area contributed by atoms with Crippen molar-refractivity contribution in [3.05, 3.63) is 47.3 Å². The van der Waals surface area contributed by atoms with E-state index in [-0.39, 0.29) is 23.2 Å². The molecule has 2 rings (SSSR count). The highest BCUT2D eigenvalue weighted by atomic mass is 35.6. The molecule has 0 aliphatic heterocycles. The van der Waals surface area contributed by atoms with Gasteiger partial charge in [-0.3, -0.25) is 0 Å². The van der Waals surface area contributed by atoms with Crippen molar-refractivity contribution in [2.75, 3.05) is 0 Å². The summed E-state index contributed by atoms with van der Waals surface area (Å²) in [5.74, 6) is -0.0246. The summed E-state index contributed by atoms with van der Waals surface area (Å²) in [4.78, 5) is 11.9. The minimum Gasteiger partial charge on any atom is -0.508 e. The van der Waals surface area contributed by atoms with Gasteiger partial charge < -0.3 is 5.11 Å². The first-order valence-corrected chi connectivity index (χ1v) is 8.20. The molecule has 0 atom stereocenters. The van der Waals surface area contributed by atoms with Gasteiger partial charge in [0.05, 0.1) is 0 Å². The number of aromatic nitrogens is 3. The van der Waals surface area contributed by atoms with Gasteiger partial charge in [-0.1, -0.05) is 87.8 Å². The van der Waals surface area contributed by atoms with E-state index < -0.39 is 7.59 Å². The molecule has 23 heavy (non-hydrogen) atoms. The van der Waals surface area contributed by atoms with Gasteiger partial charge in [-0.15, -0.1) is 0 Å². The Kier molecular flexibility index (Phi) is 5.88. The maximum atomic E-state index is 9.25. The smallest absolute Gasteiger partial charge is 0.250 e. The van der Waals surface area contributed by atoms with Crippen LogP contribution in [-0.4, -0.2) is 20.1 Å². The summed E-state index contributed by atoms with van der Waals surface area (Å²) in [6.45, 7) is 0. The Hall–Kier alpha value is -0.490. The third-order valence-corrected chi connectivity index (χ3v) is 3.49. The molecule has 2 aromatic rings. The number of phenolic OH excluding ortho intramolecular Hbond substituents is 1. The Labute approximate surface area is 162 Å². The van der Waals surface area contributed by atoms with Gasteiger partial charge in [0.1, 0.15) is 5.75 Å². The predicted molar refractivity (Wildman–Crippen MR) is 95.3 cm³/mol. The Morgan fingerprint density at radius 2 is 1.22 bits per heavy atom. The largest absolute Gasteiger partial charge is 0.508 e. The van der Waals surface area contributed by atoms with Crippen molar-refractivity contribution in [1.82, 2.24) is 15.0 Å². The number of hydrogen-bond acceptors (Lipinski definition) is 4. The molecule has 0 spiro atoms. The lowest BCUT2D eigenvalue weighted by molar-refractivity contribution is 0.475. The van der Waals surface area contributed by atoms with Crippen molar-refractivity contribution in [2.24, 2.45) is 0 Å². The van der Waals surface area contributed by atoms with Crippen LogP contribution in [0.3, 0.4) is 0 Å². The SMILES string of the molecule is Oc1ccc(C=Cc2nc(C(Cl)(Cl)Cl)nc(C(Cl)(Cl)Cl)n2)cc1. The maximum absolute atomic E-state index is 9.25. The molecule has 0 saturated carbocycles. The van der Waals surface area contributed by atoms with Crippen LogP contribution in [0.15, 0.2) is 24.3 Å². The van der Waals surface area contributed by atoms with E-state index in [4.69, 9.17) is 69.6 Å². The standard InChI is InChI=1S/C13H7Cl6N3O/c14-12(15,16)10-20-9(21-11(22-10)13(17,18)19)6-3-7-1-4-8(23)5-2-7/h1-6,23H. The van der Waals surface area contributed by atoms with E-state index in [0.717, 1.165) is 5.56 Å². The molecular weight excluding hydrogens is 427 g/mol. The molecule has 0 fully saturated rings. The molecule has 0 bridgehead atoms. The molecule has 1 aromatic carbocycles. The van der Waals surface area contributed by atoms with Gasteiger partial charge in [0.15, 0.2) is 17.5 Å². The third-order valence-electron chi connectivity index (χ3n) is 2.48. The highest BCUT2D eigenvalue weighted by molar-refractivity contribution is 6.67. The second-order valence-corrected chi connectivity index (χ2v) is 8.82. The molecule has 0 amide bonds. The molecule has 122 valence electrons. The van der Waals surface area contributed by atoms with Crippen LogP contribution in [0.25, 0.3) is 12.2 Å². The lowest BCUT2D eigenvalue weighted by Gasteiger charge is -2.14. The summed E-state index contributed by atoms with van der Waals surface area (Å²) in [7, 11) is 0. The monoisotopic (exact) mass is 431 g/mol. The van der Waals surface area contributed by atoms with Crippen LogP contribution in [0.2, 0.25) is 0 Å². The number of alkyl halides is 6. The average Bonchev–Trinajstić information content (AvgIpc) is 2.44. The van der Waals surface area contributed by atoms with E-state index in [1.807, 2.05) is 0 Å². The molecule has 1 heterocycles. The third kappa shape index (κ3) is 5.52. The summed E-state index contributed by atoms with van der Waals surface area (Å²) >= 11 is 34.7. The molecule has 0 saturated heterocycles. The van der Waals surface area contributed by atoms with E-state index in [9.17, 15) is 5.11 Å². The van der Waals surface area contributed by atoms with Gasteiger partial charge in [-0.05, 0) is 23.8 Å². The van der Waals surface area contributed by atoms with Gasteiger partial charge in [-0.2, -0.15) is 0 Å². The molecule has 0 unspecified atom stereocenters. The van der Waals surface area contributed by atoms with E-state index in [1.165, 1.54) is 18.2 Å². The van der Waals surface area contributed by atoms with E-state index >= 15 is 0 Å². The second-order valence-electron chi connectivity index (χ2n) is 4.26. The van der Waals surface area contributed by atoms with E-state index in [2.05, 4.69) is 15.0 Å². The Balaban J connectivity index is 2.43. The van der Waals surface area contributed by atoms with Gasteiger partial charge in [0.25, 0.3) is 0 Å². The van der Waals surface area contributed by atoms with Gasteiger partial charge >= 0.3 is 0 Å². The van der Waals surface area contributed by atoms with Crippen molar-refractivity contribution in [3.8, 4) is 5.75 Å². The van der Waals surface area contributed by atoms with Crippen molar-refractivity contribution in [2.45, 2.75) is 7.59 Å². The number of phenols is 1. The molecule has 10 heteroatoms. The topological polar surface area (TPSA) is 58.9 Å². The highest BCUT2D eigenvalue weighted by Crippen LogP contribution is 2.39. The fraction of sp³-hybridized carbons (Fsp3) is 0.154. The quantitative estimate of drug-likeness (QED) is 0.644. The molecule has 0 aliphatic rings. The van der Waals surface area contributed by atoms with Crippen molar-refractivity contribution in [1.29, 1.82) is 0 Å². The van der Waals surface area contributed by atoms with Gasteiger partial charge in [-0.25, -0.2) is 15.0 Å². The molecule has 0 radical (unpaired) electrons. The lowest BCUT2D eigenvalue weighted by Crippen LogP contribution is -2.16. The first-order chi connectivity index (χ1) is 10.6. The highest BCUT2D eigenvalue weighted by Gasteiger charge is 2.33. The van der Waals surface area contributed by atoms with Crippen molar-refractivity contribution < 1.29 is 5.11 Å². The Morgan fingerprint density at radius 3 is 1.65 bits per heavy atom. The van der Waals surface area contributed by atoms with Crippen LogP contribution in [0, 0.1) is 0 Å². The van der Waals surface area contributed by atoms with Crippen molar-refractivity contribution >= 4 is 81.8 Å². The summed E-state index contributed by atoms with van der Waals surface area (Å²) in [6, 6.07) is 6.45. The number of aromatic hydroxyl groups is 1. The van der Waals surface area contributed by atoms with Crippen LogP contribution in [0.4, 0.5) is 0 Å². The average molecular weight is 434 g/mol. The van der Waals surface area contributed by atoms with E-state index in [0.29, 0.717) is 0 Å². The molecule has 1 N–H and O–H groups in total. The summed E-state index contributed by atoms with van der Waals surface area (Å²) in [6.07, 6.45) is 3.22. The molecular formula is C13H7Cl6N3O. The number of hydrogen-bond donors (Lipinski definition) is 1. The second kappa shape index (κ2) is 7.18. The number of rotatable bonds is 2. The lowest BCUT2D eigenvalue weighted by atomic mass is 10.2. The van der Waals surface area contributed by atoms with Crippen LogP contribution in [0.1, 0.15) is 23.0 Å². The summed E-state index contributed by atoms with van der Waals surface area (Å²) < 4.78 is -3.79. The van der Waals surface area contributed by atoms with Crippen LogP contribution in [0.5, 0.6) is 5.75 Å².